The van der Waals surface area contributed by atoms with E-state index in [-0.39, 0.29) is 6.10 Å². The van der Waals surface area contributed by atoms with Gasteiger partial charge >= 0.3 is 0 Å². The molecule has 150 valence electrons. The van der Waals surface area contributed by atoms with Crippen LogP contribution in [-0.4, -0.2) is 33.7 Å². The summed E-state index contributed by atoms with van der Waals surface area (Å²) in [6.07, 6.45) is 1.51. The lowest BCUT2D eigenvalue weighted by Gasteiger charge is -2.26. The van der Waals surface area contributed by atoms with Crippen molar-refractivity contribution < 1.29 is 14.2 Å². The van der Waals surface area contributed by atoms with Gasteiger partial charge in [0.05, 0.1) is 6.61 Å². The molecule has 0 saturated carbocycles. The molecule has 6 nitrogen and oxygen atoms in total. The van der Waals surface area contributed by atoms with Crippen molar-refractivity contribution in [1.29, 1.82) is 0 Å². The molecule has 8 heteroatoms. The van der Waals surface area contributed by atoms with Crippen molar-refractivity contribution in [2.24, 2.45) is 0 Å². The third-order valence-electron chi connectivity index (χ3n) is 4.23. The fourth-order valence-corrected chi connectivity index (χ4v) is 4.09. The Kier molecular flexibility index (Phi) is 6.41. The summed E-state index contributed by atoms with van der Waals surface area (Å²) in [6, 6.07) is 15.4. The average molecular weight is 474 g/mol. The Bertz CT molecular complexity index is 995. The first-order chi connectivity index (χ1) is 14.2. The van der Waals surface area contributed by atoms with Gasteiger partial charge < -0.3 is 14.2 Å². The van der Waals surface area contributed by atoms with Crippen molar-refractivity contribution in [2.45, 2.75) is 17.8 Å². The van der Waals surface area contributed by atoms with Gasteiger partial charge in [-0.05, 0) is 30.3 Å². The maximum absolute atomic E-state index is 6.09. The van der Waals surface area contributed by atoms with Crippen LogP contribution in [0.1, 0.15) is 11.9 Å². The van der Waals surface area contributed by atoms with Gasteiger partial charge in [0.25, 0.3) is 0 Å². The molecule has 3 aromatic rings. The smallest absolute Gasteiger partial charge is 0.192 e. The molecule has 0 saturated heterocycles. The molecule has 1 aromatic heterocycles. The largest absolute Gasteiger partial charge is 0.493 e. The number of allylic oxidation sites excluding steroid dienone is 1. The summed E-state index contributed by atoms with van der Waals surface area (Å²) in [5, 5.41) is 9.53. The highest BCUT2D eigenvalue weighted by molar-refractivity contribution is 9.10. The van der Waals surface area contributed by atoms with Crippen LogP contribution in [0, 0.1) is 0 Å². The highest BCUT2D eigenvalue weighted by Gasteiger charge is 2.28. The first-order valence-corrected chi connectivity index (χ1v) is 11.0. The number of aromatic nitrogens is 3. The Labute approximate surface area is 182 Å². The van der Waals surface area contributed by atoms with Crippen LogP contribution >= 0.6 is 27.7 Å². The topological polar surface area (TPSA) is 58.4 Å². The second-order valence-corrected chi connectivity index (χ2v) is 8.24. The van der Waals surface area contributed by atoms with Crippen LogP contribution in [0.2, 0.25) is 0 Å². The first kappa shape index (κ1) is 19.8. The van der Waals surface area contributed by atoms with E-state index in [0.717, 1.165) is 32.7 Å². The van der Waals surface area contributed by atoms with E-state index in [1.807, 2.05) is 59.2 Å². The fraction of sp³-hybridized carbons (Fsp3) is 0.238. The number of rotatable bonds is 8. The zero-order valence-corrected chi connectivity index (χ0v) is 18.1. The molecule has 0 spiro atoms. The Hall–Kier alpha value is -2.45. The number of para-hydroxylation sites is 2. The van der Waals surface area contributed by atoms with Gasteiger partial charge in [0.2, 0.25) is 0 Å². The van der Waals surface area contributed by atoms with Gasteiger partial charge in [0.15, 0.2) is 28.6 Å². The van der Waals surface area contributed by atoms with Crippen LogP contribution in [-0.2, 0) is 6.54 Å². The normalized spacial score (nSPS) is 15.1. The Morgan fingerprint density at radius 2 is 2.07 bits per heavy atom. The summed E-state index contributed by atoms with van der Waals surface area (Å²) in [5.41, 5.74) is 0. The summed E-state index contributed by atoms with van der Waals surface area (Å²) in [5.74, 6) is 3.77. The van der Waals surface area contributed by atoms with Crippen molar-refractivity contribution in [3.05, 3.63) is 71.5 Å². The standard InChI is InChI=1S/C21H20BrN3O3S/c1-2-10-25-20(19-14-27-17-8-3-4-9-18(17)28-19)23-24-21(25)29-12-11-26-16-7-5-6-15(22)13-16/h2-9,13,19H,1,10-12,14H2. The minimum Gasteiger partial charge on any atom is -0.493 e. The first-order valence-electron chi connectivity index (χ1n) is 9.18. The molecule has 4 rings (SSSR count). The van der Waals surface area contributed by atoms with Crippen LogP contribution in [0.25, 0.3) is 0 Å². The quantitative estimate of drug-likeness (QED) is 0.263. The monoisotopic (exact) mass is 473 g/mol. The highest BCUT2D eigenvalue weighted by Crippen LogP contribution is 2.36. The molecule has 1 unspecified atom stereocenters. The van der Waals surface area contributed by atoms with E-state index in [1.54, 1.807) is 11.8 Å². The van der Waals surface area contributed by atoms with Crippen LogP contribution in [0.5, 0.6) is 17.2 Å². The predicted octanol–water partition coefficient (Wildman–Crippen LogP) is 4.91. The molecule has 0 radical (unpaired) electrons. The molecule has 29 heavy (non-hydrogen) atoms. The van der Waals surface area contributed by atoms with Gasteiger partial charge in [-0.3, -0.25) is 4.57 Å². The van der Waals surface area contributed by atoms with E-state index in [0.29, 0.717) is 25.5 Å². The second kappa shape index (κ2) is 9.37. The van der Waals surface area contributed by atoms with Gasteiger partial charge in [0.1, 0.15) is 12.4 Å². The number of fused-ring (bicyclic) bond motifs is 1. The van der Waals surface area contributed by atoms with Gasteiger partial charge in [-0.25, -0.2) is 0 Å². The molecule has 0 N–H and O–H groups in total. The number of nitrogens with zero attached hydrogens (tertiary/aromatic N) is 3. The minimum absolute atomic E-state index is 0.315. The molecular formula is C21H20BrN3O3S. The van der Waals surface area contributed by atoms with E-state index in [2.05, 4.69) is 32.7 Å². The van der Waals surface area contributed by atoms with Gasteiger partial charge in [-0.2, -0.15) is 0 Å². The van der Waals surface area contributed by atoms with E-state index in [1.165, 1.54) is 0 Å². The van der Waals surface area contributed by atoms with Crippen LogP contribution in [0.3, 0.4) is 0 Å². The molecule has 0 fully saturated rings. The second-order valence-electron chi connectivity index (χ2n) is 6.26. The molecule has 1 aliphatic heterocycles. The molecule has 2 heterocycles. The SMILES string of the molecule is C=CCn1c(SCCOc2cccc(Br)c2)nnc1C1COc2ccccc2O1. The molecule has 2 aromatic carbocycles. The van der Waals surface area contributed by atoms with Crippen molar-refractivity contribution in [3.8, 4) is 17.2 Å². The summed E-state index contributed by atoms with van der Waals surface area (Å²) < 4.78 is 20.7. The van der Waals surface area contributed by atoms with Crippen LogP contribution in [0.15, 0.2) is 70.8 Å². The number of ether oxygens (including phenoxy) is 3. The summed E-state index contributed by atoms with van der Waals surface area (Å²) in [7, 11) is 0. The van der Waals surface area contributed by atoms with Crippen molar-refractivity contribution in [1.82, 2.24) is 14.8 Å². The van der Waals surface area contributed by atoms with Crippen LogP contribution in [0.4, 0.5) is 0 Å². The zero-order valence-electron chi connectivity index (χ0n) is 15.7. The lowest BCUT2D eigenvalue weighted by molar-refractivity contribution is 0.0821. The number of hydrogen-bond donors (Lipinski definition) is 0. The van der Waals surface area contributed by atoms with E-state index in [9.17, 15) is 0 Å². The number of thioether (sulfide) groups is 1. The lowest BCUT2D eigenvalue weighted by atomic mass is 10.2. The fourth-order valence-electron chi connectivity index (χ4n) is 2.94. The van der Waals surface area contributed by atoms with Crippen molar-refractivity contribution in [2.75, 3.05) is 19.0 Å². The molecule has 1 aliphatic rings. The molecular weight excluding hydrogens is 454 g/mol. The van der Waals surface area contributed by atoms with Gasteiger partial charge in [-0.1, -0.05) is 52.0 Å². The minimum atomic E-state index is -0.315. The van der Waals surface area contributed by atoms with Gasteiger partial charge in [-0.15, -0.1) is 16.8 Å². The highest BCUT2D eigenvalue weighted by atomic mass is 79.9. The maximum atomic E-state index is 6.09. The van der Waals surface area contributed by atoms with E-state index < -0.39 is 0 Å². The third kappa shape index (κ3) is 4.76. The lowest BCUT2D eigenvalue weighted by Crippen LogP contribution is -2.25. The maximum Gasteiger partial charge on any atom is 0.192 e. The Morgan fingerprint density at radius 1 is 1.21 bits per heavy atom. The Morgan fingerprint density at radius 3 is 2.90 bits per heavy atom. The van der Waals surface area contributed by atoms with E-state index in [4.69, 9.17) is 14.2 Å². The van der Waals surface area contributed by atoms with E-state index >= 15 is 0 Å². The molecule has 0 bridgehead atoms. The van der Waals surface area contributed by atoms with Gasteiger partial charge in [0, 0.05) is 16.8 Å². The van der Waals surface area contributed by atoms with Crippen molar-refractivity contribution >= 4 is 27.7 Å². The number of benzene rings is 2. The third-order valence-corrected chi connectivity index (χ3v) is 5.66. The predicted molar refractivity (Wildman–Crippen MR) is 116 cm³/mol. The summed E-state index contributed by atoms with van der Waals surface area (Å²) in [6.45, 7) is 5.41. The molecule has 0 amide bonds. The number of halogens is 1. The average Bonchev–Trinajstić information content (AvgIpc) is 3.14. The summed E-state index contributed by atoms with van der Waals surface area (Å²) >= 11 is 5.04. The Balaban J connectivity index is 1.41. The number of hydrogen-bond acceptors (Lipinski definition) is 6. The molecule has 0 aliphatic carbocycles. The zero-order chi connectivity index (χ0) is 20.1. The van der Waals surface area contributed by atoms with Crippen molar-refractivity contribution in [3.63, 3.8) is 0 Å². The van der Waals surface area contributed by atoms with Crippen LogP contribution < -0.4 is 14.2 Å². The molecule has 1 atom stereocenters. The summed E-state index contributed by atoms with van der Waals surface area (Å²) in [4.78, 5) is 0.